The zero-order chi connectivity index (χ0) is 11.6. The summed E-state index contributed by atoms with van der Waals surface area (Å²) in [5, 5.41) is 14.5. The van der Waals surface area contributed by atoms with E-state index in [0.29, 0.717) is 0 Å². The van der Waals surface area contributed by atoms with Crippen LogP contribution in [0, 0.1) is 5.41 Å². The molecule has 1 atom stereocenters. The number of hydrogen-bond donors (Lipinski definition) is 1. The molecular weight excluding hydrogens is 233 g/mol. The fraction of sp³-hybridized carbons (Fsp3) is 1.00. The summed E-state index contributed by atoms with van der Waals surface area (Å²) < 4.78 is -0.411. The molecule has 0 spiro atoms. The molecule has 0 aromatic carbocycles. The monoisotopic (exact) mass is 262 g/mol. The Hall–Kier alpha value is 0.503. The van der Waals surface area contributed by atoms with Gasteiger partial charge in [-0.15, -0.1) is 0 Å². The molecule has 2 heteroatoms. The van der Waals surface area contributed by atoms with Gasteiger partial charge in [-0.1, -0.05) is 0 Å². The third-order valence-electron chi connectivity index (χ3n) is 4.52. The Balaban J connectivity index is 5.19. The van der Waals surface area contributed by atoms with Crippen molar-refractivity contribution in [2.75, 3.05) is 0 Å². The molecule has 0 rings (SSSR count). The molecule has 86 valence electrons. The van der Waals surface area contributed by atoms with Crippen molar-refractivity contribution < 1.29 is 5.11 Å². The Labute approximate surface area is 92.7 Å². The van der Waals surface area contributed by atoms with Crippen molar-refractivity contribution in [2.45, 2.75) is 68.7 Å². The van der Waals surface area contributed by atoms with Crippen molar-refractivity contribution in [3.8, 4) is 0 Å². The molecule has 0 radical (unpaired) electrons. The van der Waals surface area contributed by atoms with E-state index in [2.05, 4.69) is 48.5 Å². The first-order valence-electron chi connectivity index (χ1n) is 5.91. The molecule has 0 fully saturated rings. The first-order valence-corrected chi connectivity index (χ1v) is 11.4. The number of aliphatic hydroxyl groups is 1. The summed E-state index contributed by atoms with van der Waals surface area (Å²) in [6, 6.07) is 0. The summed E-state index contributed by atoms with van der Waals surface area (Å²) in [5.41, 5.74) is 0.0228. The fourth-order valence-corrected chi connectivity index (χ4v) is 13.4. The van der Waals surface area contributed by atoms with Crippen molar-refractivity contribution >= 4 is 13.3 Å². The molecule has 0 aliphatic carbocycles. The Morgan fingerprint density at radius 2 is 1.14 bits per heavy atom. The molecule has 0 aliphatic rings. The van der Waals surface area contributed by atoms with Crippen molar-refractivity contribution in [3.63, 3.8) is 0 Å². The van der Waals surface area contributed by atoms with Gasteiger partial charge in [0, 0.05) is 0 Å². The minimum atomic E-state index is -2.08. The van der Waals surface area contributed by atoms with Crippen LogP contribution in [-0.2, 0) is 0 Å². The van der Waals surface area contributed by atoms with E-state index in [0.717, 1.165) is 0 Å². The van der Waals surface area contributed by atoms with Gasteiger partial charge in [0.1, 0.15) is 0 Å². The van der Waals surface area contributed by atoms with Crippen LogP contribution in [0.25, 0.3) is 0 Å². The molecule has 14 heavy (non-hydrogen) atoms. The van der Waals surface area contributed by atoms with E-state index in [1.807, 2.05) is 0 Å². The number of rotatable bonds is 4. The molecule has 1 unspecified atom stereocenters. The normalized spacial score (nSPS) is 18.0. The van der Waals surface area contributed by atoms with Gasteiger partial charge in [-0.05, 0) is 0 Å². The standard InChI is InChI=1S/C12H28GeO/c1-8-13(9-2,10-3)12(7,14)11(4,5)6/h14H,8-10H2,1-7H3. The first kappa shape index (κ1) is 14.5. The van der Waals surface area contributed by atoms with Crippen molar-refractivity contribution in [3.05, 3.63) is 0 Å². The van der Waals surface area contributed by atoms with Crippen molar-refractivity contribution in [2.24, 2.45) is 5.41 Å². The SMILES string of the molecule is C[CH2][Ge]([CH2]C)([CH2]C)[C](C)(O)C(C)(C)C. The summed E-state index contributed by atoms with van der Waals surface area (Å²) in [4.78, 5) is 0. The van der Waals surface area contributed by atoms with Crippen molar-refractivity contribution in [1.82, 2.24) is 0 Å². The van der Waals surface area contributed by atoms with Gasteiger partial charge in [-0.2, -0.15) is 0 Å². The van der Waals surface area contributed by atoms with E-state index >= 15 is 0 Å². The Kier molecular flexibility index (Phi) is 4.73. The molecular formula is C12H28GeO. The van der Waals surface area contributed by atoms with Gasteiger partial charge < -0.3 is 0 Å². The van der Waals surface area contributed by atoms with Crippen LogP contribution in [0.2, 0.25) is 15.8 Å². The summed E-state index contributed by atoms with van der Waals surface area (Å²) in [7, 11) is 0. The molecule has 0 aromatic heterocycles. The van der Waals surface area contributed by atoms with Crippen LogP contribution in [0.1, 0.15) is 48.5 Å². The van der Waals surface area contributed by atoms with E-state index < -0.39 is 17.7 Å². The second-order valence-electron chi connectivity index (χ2n) is 5.66. The third-order valence-corrected chi connectivity index (χ3v) is 18.9. The Morgan fingerprint density at radius 3 is 1.21 bits per heavy atom. The Bertz CT molecular complexity index is 167. The quantitative estimate of drug-likeness (QED) is 0.762. The fourth-order valence-electron chi connectivity index (χ4n) is 2.58. The van der Waals surface area contributed by atoms with Crippen LogP contribution in [0.5, 0.6) is 0 Å². The summed E-state index contributed by atoms with van der Waals surface area (Å²) in [6.07, 6.45) is 0. The molecule has 0 aromatic rings. The van der Waals surface area contributed by atoms with Gasteiger partial charge in [-0.3, -0.25) is 0 Å². The van der Waals surface area contributed by atoms with Crippen LogP contribution in [0.15, 0.2) is 0 Å². The van der Waals surface area contributed by atoms with Crippen molar-refractivity contribution in [1.29, 1.82) is 0 Å². The third kappa shape index (κ3) is 2.19. The van der Waals surface area contributed by atoms with E-state index in [1.54, 1.807) is 0 Å². The first-order chi connectivity index (χ1) is 6.18. The summed E-state index contributed by atoms with van der Waals surface area (Å²) >= 11 is -2.08. The second-order valence-corrected chi connectivity index (χ2v) is 17.5. The second kappa shape index (κ2) is 4.57. The van der Waals surface area contributed by atoms with Gasteiger partial charge >= 0.3 is 92.4 Å². The molecule has 1 N–H and O–H groups in total. The molecule has 0 amide bonds. The maximum atomic E-state index is 10.8. The molecule has 0 aliphatic heterocycles. The van der Waals surface area contributed by atoms with E-state index in [-0.39, 0.29) is 5.41 Å². The minimum absolute atomic E-state index is 0.0228. The van der Waals surface area contributed by atoms with Crippen LogP contribution in [-0.4, -0.2) is 22.8 Å². The zero-order valence-corrected chi connectivity index (χ0v) is 13.2. The summed E-state index contributed by atoms with van der Waals surface area (Å²) in [5.74, 6) is 0. The van der Waals surface area contributed by atoms with E-state index in [9.17, 15) is 5.11 Å². The molecule has 1 nitrogen and oxygen atoms in total. The molecule has 0 saturated carbocycles. The van der Waals surface area contributed by atoms with Crippen LogP contribution < -0.4 is 0 Å². The van der Waals surface area contributed by atoms with Gasteiger partial charge in [0.2, 0.25) is 0 Å². The van der Waals surface area contributed by atoms with Crippen LogP contribution >= 0.6 is 0 Å². The zero-order valence-electron chi connectivity index (χ0n) is 11.1. The van der Waals surface area contributed by atoms with E-state index in [4.69, 9.17) is 0 Å². The Morgan fingerprint density at radius 1 is 0.857 bits per heavy atom. The predicted octanol–water partition coefficient (Wildman–Crippen LogP) is 3.83. The number of hydrogen-bond acceptors (Lipinski definition) is 1. The molecule has 0 bridgehead atoms. The van der Waals surface area contributed by atoms with Gasteiger partial charge in [0.05, 0.1) is 0 Å². The molecule has 0 heterocycles. The average molecular weight is 261 g/mol. The van der Waals surface area contributed by atoms with Gasteiger partial charge in [-0.25, -0.2) is 0 Å². The van der Waals surface area contributed by atoms with Gasteiger partial charge in [0.15, 0.2) is 0 Å². The van der Waals surface area contributed by atoms with E-state index in [1.165, 1.54) is 15.8 Å². The summed E-state index contributed by atoms with van der Waals surface area (Å²) in [6.45, 7) is 15.4. The topological polar surface area (TPSA) is 20.2 Å². The van der Waals surface area contributed by atoms with Gasteiger partial charge in [0.25, 0.3) is 0 Å². The average Bonchev–Trinajstić information content (AvgIpc) is 2.06. The predicted molar refractivity (Wildman–Crippen MR) is 67.3 cm³/mol. The molecule has 0 saturated heterocycles. The van der Waals surface area contributed by atoms with Crippen LogP contribution in [0.3, 0.4) is 0 Å². The van der Waals surface area contributed by atoms with Crippen LogP contribution in [0.4, 0.5) is 0 Å². The maximum absolute atomic E-state index is 10.8.